The van der Waals surface area contributed by atoms with Crippen LogP contribution in [0.5, 0.6) is 5.75 Å². The average Bonchev–Trinajstić information content (AvgIpc) is 2.56. The van der Waals surface area contributed by atoms with Crippen LogP contribution in [0.1, 0.15) is 39.0 Å². The Labute approximate surface area is 131 Å². The van der Waals surface area contributed by atoms with Crippen molar-refractivity contribution in [2.24, 2.45) is 0 Å². The van der Waals surface area contributed by atoms with Gasteiger partial charge in [-0.25, -0.2) is 0 Å². The summed E-state index contributed by atoms with van der Waals surface area (Å²) >= 11 is 0. The Kier molecular flexibility index (Phi) is 5.81. The number of anilines is 1. The molecule has 1 aromatic rings. The van der Waals surface area contributed by atoms with Gasteiger partial charge in [-0.1, -0.05) is 19.3 Å². The third-order valence-corrected chi connectivity index (χ3v) is 4.06. The van der Waals surface area contributed by atoms with Crippen LogP contribution in [0.15, 0.2) is 24.3 Å². The molecule has 0 radical (unpaired) electrons. The second kappa shape index (κ2) is 7.82. The molecule has 1 saturated carbocycles. The Morgan fingerprint density at radius 2 is 1.82 bits per heavy atom. The second-order valence-corrected chi connectivity index (χ2v) is 5.62. The monoisotopic (exact) mass is 304 g/mol. The molecule has 0 heterocycles. The fourth-order valence-corrected chi connectivity index (χ4v) is 2.78. The highest BCUT2D eigenvalue weighted by atomic mass is 16.5. The molecule has 0 saturated heterocycles. The van der Waals surface area contributed by atoms with Gasteiger partial charge in [0, 0.05) is 18.8 Å². The van der Waals surface area contributed by atoms with Crippen molar-refractivity contribution in [3.63, 3.8) is 0 Å². The molecule has 1 N–H and O–H groups in total. The molecule has 1 aliphatic rings. The van der Waals surface area contributed by atoms with Gasteiger partial charge in [0.05, 0.1) is 6.61 Å². The quantitative estimate of drug-likeness (QED) is 0.870. The number of ether oxygens (including phenoxy) is 1. The van der Waals surface area contributed by atoms with E-state index in [1.54, 1.807) is 36.2 Å². The van der Waals surface area contributed by atoms with Crippen LogP contribution in [0, 0.1) is 0 Å². The molecule has 120 valence electrons. The van der Waals surface area contributed by atoms with Crippen molar-refractivity contribution in [3.05, 3.63) is 24.3 Å². The SMILES string of the molecule is CCOc1ccc(NC(=O)C(=O)N(C)C2CCCCC2)cc1. The predicted molar refractivity (Wildman–Crippen MR) is 85.9 cm³/mol. The minimum atomic E-state index is -0.586. The summed E-state index contributed by atoms with van der Waals surface area (Å²) in [5.74, 6) is -0.316. The molecule has 5 nitrogen and oxygen atoms in total. The highest BCUT2D eigenvalue weighted by Gasteiger charge is 2.26. The first-order valence-corrected chi connectivity index (χ1v) is 7.93. The normalized spacial score (nSPS) is 15.2. The van der Waals surface area contributed by atoms with Gasteiger partial charge in [-0.15, -0.1) is 0 Å². The van der Waals surface area contributed by atoms with Gasteiger partial charge >= 0.3 is 11.8 Å². The number of carbonyl (C=O) groups is 2. The molecule has 1 fully saturated rings. The molecule has 0 spiro atoms. The molecular formula is C17H24N2O3. The minimum absolute atomic E-state index is 0.187. The maximum absolute atomic E-state index is 12.2. The number of carbonyl (C=O) groups excluding carboxylic acids is 2. The number of rotatable bonds is 4. The van der Waals surface area contributed by atoms with Crippen LogP contribution in [0.2, 0.25) is 0 Å². The van der Waals surface area contributed by atoms with Gasteiger partial charge in [-0.2, -0.15) is 0 Å². The fourth-order valence-electron chi connectivity index (χ4n) is 2.78. The molecular weight excluding hydrogens is 280 g/mol. The standard InChI is InChI=1S/C17H24N2O3/c1-3-22-15-11-9-13(10-12-15)18-16(20)17(21)19(2)14-7-5-4-6-8-14/h9-12,14H,3-8H2,1-2H3,(H,18,20). The summed E-state index contributed by atoms with van der Waals surface area (Å²) in [5.41, 5.74) is 0.596. The maximum Gasteiger partial charge on any atom is 0.313 e. The summed E-state index contributed by atoms with van der Waals surface area (Å²) < 4.78 is 5.34. The molecule has 0 unspecified atom stereocenters. The third-order valence-electron chi connectivity index (χ3n) is 4.06. The van der Waals surface area contributed by atoms with E-state index in [0.717, 1.165) is 31.4 Å². The first-order chi connectivity index (χ1) is 10.6. The average molecular weight is 304 g/mol. The van der Waals surface area contributed by atoms with Gasteiger partial charge in [0.1, 0.15) is 5.75 Å². The van der Waals surface area contributed by atoms with Crippen LogP contribution in [0.3, 0.4) is 0 Å². The van der Waals surface area contributed by atoms with E-state index in [-0.39, 0.29) is 6.04 Å². The van der Waals surface area contributed by atoms with Crippen molar-refractivity contribution < 1.29 is 14.3 Å². The molecule has 0 bridgehead atoms. The number of benzene rings is 1. The van der Waals surface area contributed by atoms with E-state index in [1.165, 1.54) is 6.42 Å². The zero-order valence-corrected chi connectivity index (χ0v) is 13.3. The molecule has 0 aliphatic heterocycles. The number of hydrogen-bond acceptors (Lipinski definition) is 3. The Hall–Kier alpha value is -2.04. The topological polar surface area (TPSA) is 58.6 Å². The molecule has 22 heavy (non-hydrogen) atoms. The summed E-state index contributed by atoms with van der Waals surface area (Å²) in [6, 6.07) is 7.20. The van der Waals surface area contributed by atoms with Crippen molar-refractivity contribution in [2.75, 3.05) is 19.0 Å². The lowest BCUT2D eigenvalue weighted by Gasteiger charge is -2.30. The molecule has 5 heteroatoms. The number of hydrogen-bond donors (Lipinski definition) is 1. The summed E-state index contributed by atoms with van der Waals surface area (Å²) in [4.78, 5) is 25.9. The van der Waals surface area contributed by atoms with E-state index >= 15 is 0 Å². The maximum atomic E-state index is 12.2. The first kappa shape index (κ1) is 16.3. The lowest BCUT2D eigenvalue weighted by molar-refractivity contribution is -0.144. The fraction of sp³-hybridized carbons (Fsp3) is 0.529. The highest BCUT2D eigenvalue weighted by molar-refractivity contribution is 6.39. The van der Waals surface area contributed by atoms with Crippen molar-refractivity contribution in [1.29, 1.82) is 0 Å². The van der Waals surface area contributed by atoms with E-state index in [1.807, 2.05) is 6.92 Å². The first-order valence-electron chi connectivity index (χ1n) is 7.93. The van der Waals surface area contributed by atoms with E-state index in [2.05, 4.69) is 5.32 Å². The Balaban J connectivity index is 1.91. The Bertz CT molecular complexity index is 507. The summed E-state index contributed by atoms with van der Waals surface area (Å²) in [5, 5.41) is 2.65. The predicted octanol–water partition coefficient (Wildman–Crippen LogP) is 2.81. The van der Waals surface area contributed by atoms with E-state index < -0.39 is 11.8 Å². The number of amides is 2. The lowest BCUT2D eigenvalue weighted by atomic mass is 9.94. The van der Waals surface area contributed by atoms with Crippen LogP contribution in [0.25, 0.3) is 0 Å². The smallest absolute Gasteiger partial charge is 0.313 e. The van der Waals surface area contributed by atoms with Gasteiger partial charge in [-0.05, 0) is 44.0 Å². The zero-order chi connectivity index (χ0) is 15.9. The largest absolute Gasteiger partial charge is 0.494 e. The molecule has 2 amide bonds. The molecule has 0 atom stereocenters. The van der Waals surface area contributed by atoms with E-state index in [4.69, 9.17) is 4.74 Å². The molecule has 2 rings (SSSR count). The summed E-state index contributed by atoms with van der Waals surface area (Å²) in [6.45, 7) is 2.51. The van der Waals surface area contributed by atoms with Gasteiger partial charge < -0.3 is 15.0 Å². The Morgan fingerprint density at radius 1 is 1.18 bits per heavy atom. The Morgan fingerprint density at radius 3 is 2.41 bits per heavy atom. The molecule has 0 aromatic heterocycles. The van der Waals surface area contributed by atoms with Crippen LogP contribution >= 0.6 is 0 Å². The van der Waals surface area contributed by atoms with Gasteiger partial charge in [-0.3, -0.25) is 9.59 Å². The number of likely N-dealkylation sites (N-methyl/N-ethyl adjacent to an activating group) is 1. The van der Waals surface area contributed by atoms with Crippen LogP contribution in [-0.4, -0.2) is 36.4 Å². The number of nitrogens with zero attached hydrogens (tertiary/aromatic N) is 1. The van der Waals surface area contributed by atoms with Gasteiger partial charge in [0.25, 0.3) is 0 Å². The van der Waals surface area contributed by atoms with Crippen molar-refractivity contribution in [2.45, 2.75) is 45.1 Å². The van der Waals surface area contributed by atoms with E-state index in [0.29, 0.717) is 12.3 Å². The van der Waals surface area contributed by atoms with Crippen molar-refractivity contribution in [1.82, 2.24) is 4.90 Å². The van der Waals surface area contributed by atoms with Gasteiger partial charge in [0.15, 0.2) is 0 Å². The summed E-state index contributed by atoms with van der Waals surface area (Å²) in [6.07, 6.45) is 5.44. The van der Waals surface area contributed by atoms with Crippen LogP contribution in [0.4, 0.5) is 5.69 Å². The molecule has 1 aliphatic carbocycles. The summed E-state index contributed by atoms with van der Waals surface area (Å²) in [7, 11) is 1.72. The van der Waals surface area contributed by atoms with Crippen LogP contribution in [-0.2, 0) is 9.59 Å². The van der Waals surface area contributed by atoms with Crippen LogP contribution < -0.4 is 10.1 Å². The lowest BCUT2D eigenvalue weighted by Crippen LogP contribution is -2.44. The molecule has 1 aromatic carbocycles. The third kappa shape index (κ3) is 4.23. The van der Waals surface area contributed by atoms with Crippen molar-refractivity contribution >= 4 is 17.5 Å². The van der Waals surface area contributed by atoms with Crippen molar-refractivity contribution in [3.8, 4) is 5.75 Å². The number of nitrogens with one attached hydrogen (secondary N) is 1. The van der Waals surface area contributed by atoms with Gasteiger partial charge in [0.2, 0.25) is 0 Å². The second-order valence-electron chi connectivity index (χ2n) is 5.62. The highest BCUT2D eigenvalue weighted by Crippen LogP contribution is 2.22. The zero-order valence-electron chi connectivity index (χ0n) is 13.3. The minimum Gasteiger partial charge on any atom is -0.494 e. The van der Waals surface area contributed by atoms with E-state index in [9.17, 15) is 9.59 Å².